The molecule has 7 heteroatoms. The number of hydrogen-bond acceptors (Lipinski definition) is 4. The van der Waals surface area contributed by atoms with Crippen molar-refractivity contribution < 1.29 is 14.3 Å². The lowest BCUT2D eigenvalue weighted by Gasteiger charge is -2.04. The lowest BCUT2D eigenvalue weighted by molar-refractivity contribution is -0.648. The minimum absolute atomic E-state index is 0.0467. The number of aryl methyl sites for hydroxylation is 1. The summed E-state index contributed by atoms with van der Waals surface area (Å²) in [5.74, 6) is 0.312. The fourth-order valence-electron chi connectivity index (χ4n) is 3.53. The van der Waals surface area contributed by atoms with Crippen molar-refractivity contribution in [3.63, 3.8) is 0 Å². The molecule has 7 nitrogen and oxygen atoms in total. The number of fused-ring (bicyclic) bond motifs is 1. The summed E-state index contributed by atoms with van der Waals surface area (Å²) in [7, 11) is 0. The van der Waals surface area contributed by atoms with E-state index < -0.39 is 4.92 Å². The van der Waals surface area contributed by atoms with E-state index in [1.54, 1.807) is 4.57 Å². The van der Waals surface area contributed by atoms with Gasteiger partial charge >= 0.3 is 5.95 Å². The molecule has 0 saturated carbocycles. The van der Waals surface area contributed by atoms with E-state index in [0.29, 0.717) is 18.1 Å². The molecule has 30 heavy (non-hydrogen) atoms. The number of non-ortho nitro benzene ring substituents is 1. The number of Topliss-reactive ketones (excluding diaryl/α,β-unsaturated/α-hetero) is 1. The summed E-state index contributed by atoms with van der Waals surface area (Å²) in [5, 5.41) is 10.8. The molecule has 3 aromatic carbocycles. The Bertz CT molecular complexity index is 1240. The summed E-state index contributed by atoms with van der Waals surface area (Å²) in [4.78, 5) is 23.2. The third-order valence-corrected chi connectivity index (χ3v) is 5.18. The zero-order valence-corrected chi connectivity index (χ0v) is 16.5. The van der Waals surface area contributed by atoms with Gasteiger partial charge < -0.3 is 0 Å². The van der Waals surface area contributed by atoms with Crippen molar-refractivity contribution in [1.82, 2.24) is 4.57 Å². The van der Waals surface area contributed by atoms with Gasteiger partial charge in [0, 0.05) is 17.7 Å². The Morgan fingerprint density at radius 3 is 2.37 bits per heavy atom. The Hall–Kier alpha value is -4.00. The first-order chi connectivity index (χ1) is 14.4. The van der Waals surface area contributed by atoms with Crippen LogP contribution in [-0.2, 0) is 13.1 Å². The van der Waals surface area contributed by atoms with Crippen molar-refractivity contribution in [2.75, 3.05) is 5.73 Å². The minimum atomic E-state index is -0.486. The monoisotopic (exact) mass is 401 g/mol. The highest BCUT2D eigenvalue weighted by Gasteiger charge is 2.23. The second-order valence-corrected chi connectivity index (χ2v) is 7.23. The van der Waals surface area contributed by atoms with Crippen LogP contribution >= 0.6 is 0 Å². The predicted octanol–water partition coefficient (Wildman–Crippen LogP) is 3.66. The normalized spacial score (nSPS) is 11.0. The zero-order chi connectivity index (χ0) is 21.3. The number of carbonyl (C=O) groups excluding carboxylic acids is 1. The van der Waals surface area contributed by atoms with E-state index in [-0.39, 0.29) is 18.0 Å². The molecule has 150 valence electrons. The highest BCUT2D eigenvalue weighted by Crippen LogP contribution is 2.19. The van der Waals surface area contributed by atoms with E-state index in [2.05, 4.69) is 24.3 Å². The number of nitrogens with two attached hydrogens (primary N) is 1. The molecule has 0 atom stereocenters. The molecular formula is C23H21N4O3+. The summed E-state index contributed by atoms with van der Waals surface area (Å²) in [6.45, 7) is 2.68. The maximum absolute atomic E-state index is 12.8. The molecule has 0 aliphatic heterocycles. The van der Waals surface area contributed by atoms with Gasteiger partial charge in [0.25, 0.3) is 5.69 Å². The van der Waals surface area contributed by atoms with Crippen molar-refractivity contribution in [2.45, 2.75) is 20.0 Å². The number of hydrogen-bond donors (Lipinski definition) is 1. The Morgan fingerprint density at radius 1 is 1.03 bits per heavy atom. The summed E-state index contributed by atoms with van der Waals surface area (Å²) in [6, 6.07) is 21.6. The van der Waals surface area contributed by atoms with Crippen molar-refractivity contribution in [2.24, 2.45) is 0 Å². The first kappa shape index (κ1) is 19.3. The smallest absolute Gasteiger partial charge is 0.291 e. The second-order valence-electron chi connectivity index (χ2n) is 7.23. The molecule has 2 N–H and O–H groups in total. The molecule has 0 unspecified atom stereocenters. The quantitative estimate of drug-likeness (QED) is 0.231. The molecule has 0 aliphatic rings. The molecule has 0 bridgehead atoms. The largest absolute Gasteiger partial charge is 0.356 e. The van der Waals surface area contributed by atoms with E-state index in [1.807, 2.05) is 35.8 Å². The summed E-state index contributed by atoms with van der Waals surface area (Å²) in [5.41, 5.74) is 10.9. The van der Waals surface area contributed by atoms with Crippen LogP contribution in [-0.4, -0.2) is 15.3 Å². The molecule has 1 heterocycles. The van der Waals surface area contributed by atoms with E-state index in [0.717, 1.165) is 16.6 Å². The summed E-state index contributed by atoms with van der Waals surface area (Å²) in [6.07, 6.45) is 0. The molecule has 1 aromatic heterocycles. The zero-order valence-electron chi connectivity index (χ0n) is 16.5. The third-order valence-electron chi connectivity index (χ3n) is 5.18. The lowest BCUT2D eigenvalue weighted by atomic mass is 10.1. The predicted molar refractivity (Wildman–Crippen MR) is 114 cm³/mol. The van der Waals surface area contributed by atoms with E-state index in [1.165, 1.54) is 29.8 Å². The van der Waals surface area contributed by atoms with Crippen LogP contribution < -0.4 is 10.3 Å². The number of nitrogens with zero attached hydrogens (tertiary/aromatic N) is 3. The first-order valence-corrected chi connectivity index (χ1v) is 9.54. The maximum atomic E-state index is 12.8. The number of rotatable bonds is 6. The van der Waals surface area contributed by atoms with Gasteiger partial charge in [-0.15, -0.1) is 0 Å². The second kappa shape index (κ2) is 7.79. The van der Waals surface area contributed by atoms with Gasteiger partial charge in [-0.1, -0.05) is 42.0 Å². The molecule has 0 spiro atoms. The number of anilines is 1. The molecular weight excluding hydrogens is 380 g/mol. The molecule has 0 saturated heterocycles. The first-order valence-electron chi connectivity index (χ1n) is 9.54. The number of para-hydroxylation sites is 2. The molecule has 0 fully saturated rings. The SMILES string of the molecule is Cc1ccc(C[n+]2c(N)n(CC(=O)c3ccc([N+](=O)[O-])cc3)c3ccccc32)cc1. The molecule has 4 aromatic rings. The molecule has 4 rings (SSSR count). The molecule has 0 amide bonds. The third kappa shape index (κ3) is 3.65. The molecule has 0 radical (unpaired) electrons. The Kier molecular flexibility index (Phi) is 5.02. The van der Waals surface area contributed by atoms with Gasteiger partial charge in [-0.25, -0.2) is 9.13 Å². The Morgan fingerprint density at radius 2 is 1.70 bits per heavy atom. The lowest BCUT2D eigenvalue weighted by Crippen LogP contribution is -2.37. The fourth-order valence-corrected chi connectivity index (χ4v) is 3.53. The highest BCUT2D eigenvalue weighted by atomic mass is 16.6. The van der Waals surface area contributed by atoms with Crippen molar-refractivity contribution in [1.29, 1.82) is 0 Å². The van der Waals surface area contributed by atoms with Crippen LogP contribution in [0.5, 0.6) is 0 Å². The highest BCUT2D eigenvalue weighted by molar-refractivity contribution is 5.97. The number of ketones is 1. The summed E-state index contributed by atoms with van der Waals surface area (Å²) >= 11 is 0. The van der Waals surface area contributed by atoms with Gasteiger partial charge in [0.2, 0.25) is 0 Å². The fraction of sp³-hybridized carbons (Fsp3) is 0.130. The molecule has 0 aliphatic carbocycles. The van der Waals surface area contributed by atoms with Crippen LogP contribution in [0, 0.1) is 17.0 Å². The van der Waals surface area contributed by atoms with E-state index in [4.69, 9.17) is 5.73 Å². The standard InChI is InChI=1S/C23H20N4O3/c1-16-6-8-17(9-7-16)14-25-20-4-2-3-5-21(20)26(23(25)24)15-22(28)18-10-12-19(13-11-18)27(29)30/h2-13,24H,14-15H2,1H3/p+1. The average Bonchev–Trinajstić information content (AvgIpc) is 3.01. The minimum Gasteiger partial charge on any atom is -0.291 e. The van der Waals surface area contributed by atoms with Gasteiger partial charge in [0.1, 0.15) is 17.6 Å². The number of nitrogen functional groups attached to an aromatic ring is 1. The van der Waals surface area contributed by atoms with Gasteiger partial charge in [-0.05, 0) is 36.8 Å². The van der Waals surface area contributed by atoms with Crippen LogP contribution in [0.15, 0.2) is 72.8 Å². The van der Waals surface area contributed by atoms with Crippen molar-refractivity contribution in [3.05, 3.63) is 99.6 Å². The van der Waals surface area contributed by atoms with Crippen molar-refractivity contribution in [3.8, 4) is 0 Å². The van der Waals surface area contributed by atoms with Gasteiger partial charge in [-0.2, -0.15) is 0 Å². The Labute approximate surface area is 173 Å². The van der Waals surface area contributed by atoms with Gasteiger partial charge in [-0.3, -0.25) is 20.6 Å². The van der Waals surface area contributed by atoms with Crippen LogP contribution in [0.2, 0.25) is 0 Å². The number of nitro benzene ring substituents is 1. The Balaban J connectivity index is 1.68. The van der Waals surface area contributed by atoms with Gasteiger partial charge in [0.05, 0.1) is 11.5 Å². The number of benzene rings is 3. The van der Waals surface area contributed by atoms with Crippen molar-refractivity contribution >= 4 is 28.5 Å². The van der Waals surface area contributed by atoms with E-state index in [9.17, 15) is 14.9 Å². The van der Waals surface area contributed by atoms with Crippen LogP contribution in [0.25, 0.3) is 11.0 Å². The number of carbonyl (C=O) groups is 1. The van der Waals surface area contributed by atoms with Crippen LogP contribution in [0.4, 0.5) is 11.6 Å². The topological polar surface area (TPSA) is 95.0 Å². The van der Waals surface area contributed by atoms with Crippen LogP contribution in [0.3, 0.4) is 0 Å². The number of imidazole rings is 1. The maximum Gasteiger partial charge on any atom is 0.356 e. The summed E-state index contributed by atoms with van der Waals surface area (Å²) < 4.78 is 3.77. The number of nitro groups is 1. The number of aromatic nitrogens is 2. The average molecular weight is 401 g/mol. The van der Waals surface area contributed by atoms with Crippen LogP contribution in [0.1, 0.15) is 21.5 Å². The van der Waals surface area contributed by atoms with Gasteiger partial charge in [0.15, 0.2) is 5.78 Å². The van der Waals surface area contributed by atoms with E-state index >= 15 is 0 Å².